The Morgan fingerprint density at radius 2 is 2.00 bits per heavy atom. The molecule has 2 rings (SSSR count). The Morgan fingerprint density at radius 3 is 2.61 bits per heavy atom. The van der Waals surface area contributed by atoms with Gasteiger partial charge in [-0.15, -0.1) is 0 Å². The van der Waals surface area contributed by atoms with Gasteiger partial charge in [0.05, 0.1) is 6.42 Å². The molecule has 1 saturated heterocycles. The molecule has 1 fully saturated rings. The van der Waals surface area contributed by atoms with E-state index in [9.17, 15) is 4.79 Å². The van der Waals surface area contributed by atoms with Crippen LogP contribution in [0, 0.1) is 0 Å². The zero-order valence-electron chi connectivity index (χ0n) is 10.2. The van der Waals surface area contributed by atoms with Gasteiger partial charge in [-0.2, -0.15) is 0 Å². The number of benzene rings is 1. The van der Waals surface area contributed by atoms with Crippen LogP contribution in [0.5, 0.6) is 0 Å². The van der Waals surface area contributed by atoms with Crippen LogP contribution in [0.15, 0.2) is 35.4 Å². The fraction of sp³-hybridized carbons (Fsp3) is 0.462. The van der Waals surface area contributed by atoms with Gasteiger partial charge in [-0.25, -0.2) is 0 Å². The molecule has 18 heavy (non-hydrogen) atoms. The minimum absolute atomic E-state index is 0.0516. The van der Waals surface area contributed by atoms with Crippen LogP contribution >= 0.6 is 0 Å². The zero-order valence-corrected chi connectivity index (χ0v) is 10.2. The summed E-state index contributed by atoms with van der Waals surface area (Å²) in [6.45, 7) is 1.38. The average Bonchev–Trinajstić information content (AvgIpc) is 2.41. The van der Waals surface area contributed by atoms with Gasteiger partial charge in [0.2, 0.25) is 5.91 Å². The van der Waals surface area contributed by atoms with Crippen molar-refractivity contribution in [2.24, 2.45) is 5.11 Å². The van der Waals surface area contributed by atoms with Crippen LogP contribution < -0.4 is 0 Å². The van der Waals surface area contributed by atoms with Crippen molar-refractivity contribution in [3.8, 4) is 0 Å². The molecule has 1 aliphatic rings. The van der Waals surface area contributed by atoms with E-state index in [1.165, 1.54) is 0 Å². The van der Waals surface area contributed by atoms with Crippen molar-refractivity contribution in [1.82, 2.24) is 4.90 Å². The smallest absolute Gasteiger partial charge is 0.226 e. The largest absolute Gasteiger partial charge is 0.342 e. The van der Waals surface area contributed by atoms with Crippen molar-refractivity contribution in [2.75, 3.05) is 13.1 Å². The number of carbonyl (C=O) groups excluding carboxylic acids is 1. The van der Waals surface area contributed by atoms with Gasteiger partial charge in [0.15, 0.2) is 0 Å². The molecule has 1 amide bonds. The van der Waals surface area contributed by atoms with E-state index >= 15 is 0 Å². The molecule has 0 aliphatic carbocycles. The summed E-state index contributed by atoms with van der Waals surface area (Å²) in [5, 5.41) is 3.70. The first-order valence-electron chi connectivity index (χ1n) is 6.15. The molecule has 0 N–H and O–H groups in total. The molecule has 1 aromatic rings. The SMILES string of the molecule is [N-]=[N+]=NC1CCN(C(=O)Cc2ccccc2)CC1. The monoisotopic (exact) mass is 244 g/mol. The van der Waals surface area contributed by atoms with Crippen molar-refractivity contribution in [2.45, 2.75) is 25.3 Å². The highest BCUT2D eigenvalue weighted by molar-refractivity contribution is 5.78. The minimum atomic E-state index is 0.0516. The average molecular weight is 244 g/mol. The van der Waals surface area contributed by atoms with Crippen LogP contribution in [0.25, 0.3) is 10.4 Å². The molecule has 1 heterocycles. The summed E-state index contributed by atoms with van der Waals surface area (Å²) in [5.74, 6) is 0.153. The summed E-state index contributed by atoms with van der Waals surface area (Å²) in [6, 6.07) is 9.80. The lowest BCUT2D eigenvalue weighted by Gasteiger charge is -2.30. The summed E-state index contributed by atoms with van der Waals surface area (Å²) < 4.78 is 0. The molecule has 94 valence electrons. The molecule has 0 bridgehead atoms. The number of hydrogen-bond acceptors (Lipinski definition) is 2. The van der Waals surface area contributed by atoms with Crippen molar-refractivity contribution >= 4 is 5.91 Å². The molecule has 0 unspecified atom stereocenters. The quantitative estimate of drug-likeness (QED) is 0.457. The summed E-state index contributed by atoms with van der Waals surface area (Å²) >= 11 is 0. The second-order valence-electron chi connectivity index (χ2n) is 4.48. The van der Waals surface area contributed by atoms with Gasteiger partial charge in [0.1, 0.15) is 0 Å². The number of likely N-dealkylation sites (tertiary alicyclic amines) is 1. The van der Waals surface area contributed by atoms with Crippen molar-refractivity contribution < 1.29 is 4.79 Å². The first-order valence-corrected chi connectivity index (χ1v) is 6.15. The van der Waals surface area contributed by atoms with Gasteiger partial charge in [0.25, 0.3) is 0 Å². The third-order valence-corrected chi connectivity index (χ3v) is 3.23. The number of carbonyl (C=O) groups is 1. The van der Waals surface area contributed by atoms with E-state index in [0.29, 0.717) is 19.5 Å². The first kappa shape index (κ1) is 12.5. The lowest BCUT2D eigenvalue weighted by molar-refractivity contribution is -0.131. The Balaban J connectivity index is 1.86. The van der Waals surface area contributed by atoms with Crippen LogP contribution in [0.1, 0.15) is 18.4 Å². The molecule has 0 spiro atoms. The van der Waals surface area contributed by atoms with Crippen LogP contribution in [-0.2, 0) is 11.2 Å². The molecular formula is C13H16N4O. The second kappa shape index (κ2) is 6.07. The maximum Gasteiger partial charge on any atom is 0.226 e. The van der Waals surface area contributed by atoms with Crippen molar-refractivity contribution in [1.29, 1.82) is 0 Å². The predicted octanol–water partition coefficient (Wildman–Crippen LogP) is 2.53. The van der Waals surface area contributed by atoms with Gasteiger partial charge in [-0.05, 0) is 23.9 Å². The van der Waals surface area contributed by atoms with Crippen LogP contribution in [0.2, 0.25) is 0 Å². The maximum atomic E-state index is 12.1. The second-order valence-corrected chi connectivity index (χ2v) is 4.48. The number of azide groups is 1. The van der Waals surface area contributed by atoms with Gasteiger partial charge < -0.3 is 4.90 Å². The van der Waals surface area contributed by atoms with E-state index in [4.69, 9.17) is 5.53 Å². The van der Waals surface area contributed by atoms with E-state index in [1.807, 2.05) is 35.2 Å². The highest BCUT2D eigenvalue weighted by atomic mass is 16.2. The third-order valence-electron chi connectivity index (χ3n) is 3.23. The summed E-state index contributed by atoms with van der Waals surface area (Å²) in [6.07, 6.45) is 1.99. The lowest BCUT2D eigenvalue weighted by atomic mass is 10.0. The van der Waals surface area contributed by atoms with E-state index in [0.717, 1.165) is 18.4 Å². The van der Waals surface area contributed by atoms with E-state index in [-0.39, 0.29) is 11.9 Å². The Hall–Kier alpha value is -2.00. The summed E-state index contributed by atoms with van der Waals surface area (Å²) in [5.41, 5.74) is 9.41. The molecular weight excluding hydrogens is 228 g/mol. The molecule has 1 aliphatic heterocycles. The van der Waals surface area contributed by atoms with Crippen molar-refractivity contribution in [3.63, 3.8) is 0 Å². The molecule has 5 nitrogen and oxygen atoms in total. The summed E-state index contributed by atoms with van der Waals surface area (Å²) in [7, 11) is 0. The predicted molar refractivity (Wildman–Crippen MR) is 68.9 cm³/mol. The Bertz CT molecular complexity index is 445. The number of nitrogens with zero attached hydrogens (tertiary/aromatic N) is 4. The van der Waals surface area contributed by atoms with E-state index < -0.39 is 0 Å². The van der Waals surface area contributed by atoms with Crippen LogP contribution in [-0.4, -0.2) is 29.9 Å². The standard InChI is InChI=1S/C13H16N4O/c14-16-15-12-6-8-17(9-7-12)13(18)10-11-4-2-1-3-5-11/h1-5,12H,6-10H2. The minimum Gasteiger partial charge on any atom is -0.342 e. The molecule has 0 atom stereocenters. The molecule has 0 saturated carbocycles. The van der Waals surface area contributed by atoms with E-state index in [2.05, 4.69) is 10.0 Å². The lowest BCUT2D eigenvalue weighted by Crippen LogP contribution is -2.40. The fourth-order valence-corrected chi connectivity index (χ4v) is 2.19. The van der Waals surface area contributed by atoms with Gasteiger partial charge in [-0.1, -0.05) is 35.4 Å². The number of piperidine rings is 1. The Labute approximate surface area is 106 Å². The molecule has 1 aromatic carbocycles. The fourth-order valence-electron chi connectivity index (χ4n) is 2.19. The molecule has 5 heteroatoms. The van der Waals surface area contributed by atoms with Gasteiger partial charge in [-0.3, -0.25) is 4.79 Å². The number of amides is 1. The highest BCUT2D eigenvalue weighted by Gasteiger charge is 2.21. The van der Waals surface area contributed by atoms with Gasteiger partial charge in [0, 0.05) is 24.0 Å². The molecule has 0 aromatic heterocycles. The summed E-state index contributed by atoms with van der Waals surface area (Å²) in [4.78, 5) is 16.7. The number of hydrogen-bond donors (Lipinski definition) is 0. The molecule has 0 radical (unpaired) electrons. The van der Waals surface area contributed by atoms with Crippen LogP contribution in [0.3, 0.4) is 0 Å². The Kier molecular flexibility index (Phi) is 4.20. The zero-order chi connectivity index (χ0) is 12.8. The first-order chi connectivity index (χ1) is 8.79. The van der Waals surface area contributed by atoms with Gasteiger partial charge >= 0.3 is 0 Å². The maximum absolute atomic E-state index is 12.1. The van der Waals surface area contributed by atoms with Crippen LogP contribution in [0.4, 0.5) is 0 Å². The topological polar surface area (TPSA) is 69.1 Å². The van der Waals surface area contributed by atoms with E-state index in [1.54, 1.807) is 0 Å². The van der Waals surface area contributed by atoms with Crippen molar-refractivity contribution in [3.05, 3.63) is 46.3 Å². The normalized spacial score (nSPS) is 16.1. The third kappa shape index (κ3) is 3.25. The number of rotatable bonds is 3. The Morgan fingerprint density at radius 1 is 1.33 bits per heavy atom. The highest BCUT2D eigenvalue weighted by Crippen LogP contribution is 2.15.